The minimum atomic E-state index is -0.225. The van der Waals surface area contributed by atoms with Crippen LogP contribution in [0.3, 0.4) is 0 Å². The number of aliphatic imine (C=N–C) groups is 1. The third kappa shape index (κ3) is 10.4. The van der Waals surface area contributed by atoms with Gasteiger partial charge in [-0.05, 0) is 199 Å². The van der Waals surface area contributed by atoms with E-state index in [2.05, 4.69) is 289 Å². The lowest BCUT2D eigenvalue weighted by Crippen LogP contribution is -2.50. The first-order valence-electron chi connectivity index (χ1n) is 32.7. The summed E-state index contributed by atoms with van der Waals surface area (Å²) in [6.07, 6.45) is 10.7. The Labute approximate surface area is 536 Å². The van der Waals surface area contributed by atoms with E-state index >= 15 is 0 Å². The fourth-order valence-electron chi connectivity index (χ4n) is 14.7. The van der Waals surface area contributed by atoms with Gasteiger partial charge in [0.15, 0.2) is 0 Å². The van der Waals surface area contributed by atoms with Crippen molar-refractivity contribution in [3.8, 4) is 44.0 Å². The zero-order valence-corrected chi connectivity index (χ0v) is 54.5. The van der Waals surface area contributed by atoms with Gasteiger partial charge in [-0.2, -0.15) is 0 Å². The molecule has 13 aromatic rings. The summed E-state index contributed by atoms with van der Waals surface area (Å²) in [6, 6.07) is 84.2. The van der Waals surface area contributed by atoms with Crippen molar-refractivity contribution in [1.82, 2.24) is 9.88 Å². The zero-order valence-electron chi connectivity index (χ0n) is 53.7. The van der Waals surface area contributed by atoms with Gasteiger partial charge in [-0.15, -0.1) is 11.3 Å². The summed E-state index contributed by atoms with van der Waals surface area (Å²) in [5, 5.41) is 11.7. The molecule has 0 spiro atoms. The number of fused-ring (bicyclic) bond motifs is 8. The van der Waals surface area contributed by atoms with Crippen LogP contribution in [0.4, 0.5) is 0 Å². The summed E-state index contributed by atoms with van der Waals surface area (Å²) in [6.45, 7) is 21.9. The maximum atomic E-state index is 5.71. The molecular formula is C86H79N3S. The molecular weight excluding hydrogens is 1110 g/mol. The number of allylic oxidation sites excluding steroid dienone is 3. The SMILES string of the molecule is CC.CC.CCCC(CC)C1(C)c2cc3ccc4cccc5ccc(c2C2=CC(c6ccc7ccccc7c6)=C6N=C(c7c(C)cccc7C)C=CC6N21)c3c45.Cc1ccc(-c2cccc(-c3cccc(-c4ccccc4)c3)c2)cc1-c1nc2ccccc2s1. The Morgan fingerprint density at radius 1 is 0.500 bits per heavy atom. The fourth-order valence-corrected chi connectivity index (χ4v) is 15.8. The van der Waals surface area contributed by atoms with Crippen molar-refractivity contribution in [2.45, 2.75) is 100 Å². The number of rotatable bonds is 10. The Hall–Kier alpha value is -9.48. The number of dihydropyridines is 1. The highest BCUT2D eigenvalue weighted by Gasteiger charge is 2.53. The molecule has 0 aliphatic carbocycles. The van der Waals surface area contributed by atoms with E-state index in [-0.39, 0.29) is 11.6 Å². The predicted octanol–water partition coefficient (Wildman–Crippen LogP) is 24.2. The highest BCUT2D eigenvalue weighted by atomic mass is 32.1. The van der Waals surface area contributed by atoms with E-state index in [1.165, 1.54) is 143 Å². The molecule has 4 heterocycles. The van der Waals surface area contributed by atoms with Gasteiger partial charge in [0.25, 0.3) is 0 Å². The second kappa shape index (κ2) is 25.2. The van der Waals surface area contributed by atoms with Gasteiger partial charge in [0, 0.05) is 28.0 Å². The zero-order chi connectivity index (χ0) is 62.2. The molecule has 3 nitrogen and oxygen atoms in total. The highest BCUT2D eigenvalue weighted by Crippen LogP contribution is 2.60. The monoisotopic (exact) mass is 1190 g/mol. The van der Waals surface area contributed by atoms with Gasteiger partial charge in [0.2, 0.25) is 0 Å². The van der Waals surface area contributed by atoms with Crippen LogP contribution in [-0.2, 0) is 5.54 Å². The van der Waals surface area contributed by atoms with E-state index in [0.29, 0.717) is 5.92 Å². The number of nitrogens with zero attached hydrogens (tertiary/aromatic N) is 3. The van der Waals surface area contributed by atoms with E-state index in [0.717, 1.165) is 34.8 Å². The maximum absolute atomic E-state index is 5.71. The third-order valence-corrected chi connectivity index (χ3v) is 20.1. The summed E-state index contributed by atoms with van der Waals surface area (Å²) >= 11 is 1.76. The highest BCUT2D eigenvalue weighted by molar-refractivity contribution is 7.21. The molecule has 0 amide bonds. The van der Waals surface area contributed by atoms with Gasteiger partial charge in [0.05, 0.1) is 33.2 Å². The van der Waals surface area contributed by atoms with E-state index in [1.807, 2.05) is 33.8 Å². The number of benzene rings is 12. The topological polar surface area (TPSA) is 28.5 Å². The summed E-state index contributed by atoms with van der Waals surface area (Å²) in [5.74, 6) is 0.469. The van der Waals surface area contributed by atoms with Crippen LogP contribution in [0.1, 0.15) is 107 Å². The molecule has 3 unspecified atom stereocenters. The molecule has 1 aromatic heterocycles. The van der Waals surface area contributed by atoms with E-state index in [9.17, 15) is 0 Å². The first kappa shape index (κ1) is 59.5. The number of hydrogen-bond donors (Lipinski definition) is 0. The van der Waals surface area contributed by atoms with Gasteiger partial charge >= 0.3 is 0 Å². The van der Waals surface area contributed by atoms with E-state index in [1.54, 1.807) is 11.3 Å². The molecule has 0 fully saturated rings. The standard InChI is InChI=1S/C50H44N2.C32H23NS.2C2H6/c1-6-12-38(7-2)50(5)41-28-37-22-20-33-17-11-18-34-23-24-39(47(37)46(33)34)48(41)44-29-40(36-21-19-32-15-8-9-16-35(32)27-36)49-43(52(44)50)26-25-42(51-49)45-30(3)13-10-14-31(45)4;1-22-17-18-28(21-29(22)32-33-30-15-5-6-16-31(30)34-32)27-14-8-13-26(20-27)25-12-7-11-24(19-25)23-9-3-2-4-10-23;2*1-2/h8-11,13-29,38,43H,6-7,12H2,1-5H3;2-21H,1H3;2*1-2H3. The molecule has 0 N–H and O–H groups in total. The molecule has 90 heavy (non-hydrogen) atoms. The van der Waals surface area contributed by atoms with Crippen LogP contribution in [0, 0.1) is 26.7 Å². The van der Waals surface area contributed by atoms with Crippen molar-refractivity contribution in [1.29, 1.82) is 0 Å². The van der Waals surface area contributed by atoms with Crippen molar-refractivity contribution >= 4 is 81.6 Å². The lowest BCUT2D eigenvalue weighted by atomic mass is 9.74. The quantitative estimate of drug-likeness (QED) is 0.128. The molecule has 3 atom stereocenters. The van der Waals surface area contributed by atoms with Crippen LogP contribution in [0.25, 0.3) is 109 Å². The van der Waals surface area contributed by atoms with Gasteiger partial charge in [-0.1, -0.05) is 249 Å². The van der Waals surface area contributed by atoms with Crippen molar-refractivity contribution in [2.24, 2.45) is 10.9 Å². The molecule has 0 radical (unpaired) electrons. The molecule has 3 aliphatic rings. The lowest BCUT2D eigenvalue weighted by molar-refractivity contribution is 0.0900. The fraction of sp³-hybridized carbons (Fsp3) is 0.186. The van der Waals surface area contributed by atoms with Gasteiger partial charge in [-0.25, -0.2) is 9.98 Å². The Morgan fingerprint density at radius 2 is 1.08 bits per heavy atom. The van der Waals surface area contributed by atoms with Gasteiger partial charge < -0.3 is 4.90 Å². The molecule has 0 saturated heterocycles. The smallest absolute Gasteiger partial charge is 0.124 e. The second-order valence-electron chi connectivity index (χ2n) is 24.1. The van der Waals surface area contributed by atoms with Crippen molar-refractivity contribution in [3.63, 3.8) is 0 Å². The third-order valence-electron chi connectivity index (χ3n) is 19.0. The molecule has 4 heteroatoms. The average molecular weight is 1190 g/mol. The van der Waals surface area contributed by atoms with E-state index < -0.39 is 0 Å². The summed E-state index contributed by atoms with van der Waals surface area (Å²) in [4.78, 5) is 13.4. The average Bonchev–Trinajstić information content (AvgIpc) is 1.52. The minimum absolute atomic E-state index is 0.00645. The Morgan fingerprint density at radius 3 is 1.78 bits per heavy atom. The molecule has 12 aromatic carbocycles. The van der Waals surface area contributed by atoms with Crippen LogP contribution < -0.4 is 0 Å². The van der Waals surface area contributed by atoms with Crippen LogP contribution in [0.2, 0.25) is 0 Å². The molecule has 0 bridgehead atoms. The summed E-state index contributed by atoms with van der Waals surface area (Å²) in [7, 11) is 0. The van der Waals surface area contributed by atoms with Crippen LogP contribution in [0.15, 0.2) is 259 Å². The number of aromatic nitrogens is 1. The maximum Gasteiger partial charge on any atom is 0.124 e. The summed E-state index contributed by atoms with van der Waals surface area (Å²) < 4.78 is 1.22. The first-order chi connectivity index (χ1) is 44.1. The van der Waals surface area contributed by atoms with Crippen LogP contribution in [-0.4, -0.2) is 21.6 Å². The van der Waals surface area contributed by atoms with Gasteiger partial charge in [-0.3, -0.25) is 0 Å². The minimum Gasteiger partial charge on any atom is -0.349 e. The Balaban J connectivity index is 0.000000169. The normalized spacial score (nSPS) is 15.9. The van der Waals surface area contributed by atoms with Crippen molar-refractivity contribution in [2.75, 3.05) is 0 Å². The van der Waals surface area contributed by atoms with Crippen LogP contribution >= 0.6 is 11.3 Å². The Kier molecular flexibility index (Phi) is 16.6. The number of aryl methyl sites for hydroxylation is 3. The largest absolute Gasteiger partial charge is 0.349 e. The Bertz CT molecular complexity index is 4890. The van der Waals surface area contributed by atoms with Crippen molar-refractivity contribution < 1.29 is 0 Å². The second-order valence-corrected chi connectivity index (χ2v) is 25.1. The summed E-state index contributed by atoms with van der Waals surface area (Å²) in [5.41, 5.74) is 23.2. The number of thiazole rings is 1. The first-order valence-corrected chi connectivity index (χ1v) is 33.5. The van der Waals surface area contributed by atoms with E-state index in [4.69, 9.17) is 9.98 Å². The number of para-hydroxylation sites is 1. The molecule has 16 rings (SSSR count). The molecule has 3 aliphatic heterocycles. The van der Waals surface area contributed by atoms with Gasteiger partial charge in [0.1, 0.15) is 5.01 Å². The predicted molar refractivity (Wildman–Crippen MR) is 391 cm³/mol. The lowest BCUT2D eigenvalue weighted by Gasteiger charge is -2.49. The molecule has 444 valence electrons. The molecule has 0 saturated carbocycles. The number of hydrogen-bond acceptors (Lipinski definition) is 4. The van der Waals surface area contributed by atoms with Crippen LogP contribution in [0.5, 0.6) is 0 Å². The van der Waals surface area contributed by atoms with Crippen molar-refractivity contribution in [3.05, 3.63) is 293 Å².